The predicted octanol–water partition coefficient (Wildman–Crippen LogP) is 5.41. The number of hydrogen-bond donors (Lipinski definition) is 2. The van der Waals surface area contributed by atoms with Gasteiger partial charge in [-0.15, -0.1) is 0 Å². The van der Waals surface area contributed by atoms with Crippen molar-refractivity contribution in [1.82, 2.24) is 24.8 Å². The van der Waals surface area contributed by atoms with Gasteiger partial charge in [0.1, 0.15) is 30.1 Å². The Hall–Kier alpha value is -4.07. The lowest BCUT2D eigenvalue weighted by molar-refractivity contribution is 0.168. The topological polar surface area (TPSA) is 98.3 Å². The van der Waals surface area contributed by atoms with Crippen molar-refractivity contribution in [3.8, 4) is 16.9 Å². The molecule has 0 spiro atoms. The second kappa shape index (κ2) is 10.7. The van der Waals surface area contributed by atoms with Gasteiger partial charge in [0.15, 0.2) is 0 Å². The Kier molecular flexibility index (Phi) is 6.86. The summed E-state index contributed by atoms with van der Waals surface area (Å²) in [6, 6.07) is 18.6. The number of amides is 2. The first-order chi connectivity index (χ1) is 18.7. The van der Waals surface area contributed by atoms with Gasteiger partial charge in [-0.1, -0.05) is 42.5 Å². The van der Waals surface area contributed by atoms with Crippen molar-refractivity contribution in [3.63, 3.8) is 0 Å². The second-order valence-corrected chi connectivity index (χ2v) is 10.4. The van der Waals surface area contributed by atoms with Crippen LogP contribution in [0, 0.1) is 5.92 Å². The number of likely N-dealkylation sites (tertiary alicyclic amines) is 1. The first kappa shape index (κ1) is 24.3. The highest BCUT2D eigenvalue weighted by Crippen LogP contribution is 2.43. The lowest BCUT2D eigenvalue weighted by atomic mass is 9.80. The monoisotopic (exact) mass is 510 g/mol. The molecule has 1 aliphatic heterocycles. The Balaban J connectivity index is 1.16. The molecule has 1 aliphatic carbocycles. The van der Waals surface area contributed by atoms with E-state index in [2.05, 4.69) is 44.2 Å². The number of carbonyl (C=O) groups excluding carboxylic acids is 1. The molecule has 0 bridgehead atoms. The highest BCUT2D eigenvalue weighted by atomic mass is 16.5. The molecular weight excluding hydrogens is 476 g/mol. The number of aromatic nitrogens is 3. The van der Waals surface area contributed by atoms with Gasteiger partial charge in [-0.2, -0.15) is 0 Å². The number of hydrogen-bond acceptors (Lipinski definition) is 5. The van der Waals surface area contributed by atoms with Crippen molar-refractivity contribution in [1.29, 1.82) is 0 Å². The molecule has 2 amide bonds. The van der Waals surface area contributed by atoms with Crippen LogP contribution in [0.2, 0.25) is 0 Å². The van der Waals surface area contributed by atoms with Gasteiger partial charge in [0, 0.05) is 37.4 Å². The third-order valence-electron chi connectivity index (χ3n) is 7.82. The fraction of sp³-hybridized carbons (Fsp3) is 0.367. The smallest absolute Gasteiger partial charge is 0.317 e. The third kappa shape index (κ3) is 5.03. The molecule has 2 aliphatic rings. The van der Waals surface area contributed by atoms with Crippen LogP contribution in [0.1, 0.15) is 43.7 Å². The SMILES string of the molecule is Nc1ncnc2c1c(-c1cccc(OCc3ccccc3)c1)cn2[C@H]1C[C@H](CNC(=O)N2CCCCC2)C1. The minimum Gasteiger partial charge on any atom is -0.489 e. The van der Waals surface area contributed by atoms with E-state index in [1.165, 1.54) is 12.7 Å². The van der Waals surface area contributed by atoms with E-state index in [9.17, 15) is 4.79 Å². The zero-order valence-electron chi connectivity index (χ0n) is 21.6. The molecule has 2 fully saturated rings. The number of anilines is 1. The number of piperidine rings is 1. The average molecular weight is 511 g/mol. The zero-order valence-corrected chi connectivity index (χ0v) is 21.6. The summed E-state index contributed by atoms with van der Waals surface area (Å²) in [5.41, 5.74) is 10.4. The van der Waals surface area contributed by atoms with Gasteiger partial charge in [-0.05, 0) is 61.3 Å². The largest absolute Gasteiger partial charge is 0.489 e. The highest BCUT2D eigenvalue weighted by molar-refractivity contribution is 6.00. The van der Waals surface area contributed by atoms with Crippen LogP contribution in [0.25, 0.3) is 22.2 Å². The number of nitrogens with one attached hydrogen (secondary N) is 1. The van der Waals surface area contributed by atoms with Gasteiger partial charge in [0.2, 0.25) is 0 Å². The van der Waals surface area contributed by atoms with Gasteiger partial charge in [-0.3, -0.25) is 0 Å². The molecule has 3 heterocycles. The second-order valence-electron chi connectivity index (χ2n) is 10.4. The first-order valence-electron chi connectivity index (χ1n) is 13.6. The van der Waals surface area contributed by atoms with E-state index in [1.807, 2.05) is 41.3 Å². The Morgan fingerprint density at radius 2 is 1.84 bits per heavy atom. The minimum absolute atomic E-state index is 0.0803. The van der Waals surface area contributed by atoms with Gasteiger partial charge in [0.25, 0.3) is 0 Å². The van der Waals surface area contributed by atoms with Gasteiger partial charge in [-0.25, -0.2) is 14.8 Å². The molecule has 8 nitrogen and oxygen atoms in total. The van der Waals surface area contributed by atoms with Crippen LogP contribution in [0.3, 0.4) is 0 Å². The predicted molar refractivity (Wildman–Crippen MR) is 149 cm³/mol. The van der Waals surface area contributed by atoms with E-state index >= 15 is 0 Å². The number of nitrogens with zero attached hydrogens (tertiary/aromatic N) is 4. The average Bonchev–Trinajstić information content (AvgIpc) is 3.33. The lowest BCUT2D eigenvalue weighted by Gasteiger charge is -2.37. The number of rotatable bonds is 7. The summed E-state index contributed by atoms with van der Waals surface area (Å²) in [5, 5.41) is 4.02. The number of nitrogen functional groups attached to an aromatic ring is 1. The number of ether oxygens (including phenoxy) is 1. The molecule has 1 saturated heterocycles. The maximum Gasteiger partial charge on any atom is 0.317 e. The molecule has 196 valence electrons. The summed E-state index contributed by atoms with van der Waals surface area (Å²) in [5.74, 6) is 1.74. The summed E-state index contributed by atoms with van der Waals surface area (Å²) >= 11 is 0. The Morgan fingerprint density at radius 3 is 2.66 bits per heavy atom. The molecule has 38 heavy (non-hydrogen) atoms. The molecule has 3 N–H and O–H groups in total. The van der Waals surface area contributed by atoms with Crippen molar-refractivity contribution in [3.05, 3.63) is 72.7 Å². The maximum absolute atomic E-state index is 12.5. The van der Waals surface area contributed by atoms with Crippen LogP contribution in [0.4, 0.5) is 10.6 Å². The Labute approximate surface area is 222 Å². The molecular formula is C30H34N6O2. The zero-order chi connectivity index (χ0) is 25.9. The van der Waals surface area contributed by atoms with Gasteiger partial charge in [0.05, 0.1) is 5.39 Å². The molecule has 1 saturated carbocycles. The van der Waals surface area contributed by atoms with E-state index in [0.29, 0.717) is 24.4 Å². The van der Waals surface area contributed by atoms with E-state index in [-0.39, 0.29) is 6.03 Å². The first-order valence-corrected chi connectivity index (χ1v) is 13.6. The molecule has 6 rings (SSSR count). The molecule has 0 radical (unpaired) electrons. The summed E-state index contributed by atoms with van der Waals surface area (Å²) in [6.07, 6.45) is 9.11. The molecule has 0 unspecified atom stereocenters. The molecule has 2 aromatic carbocycles. The van der Waals surface area contributed by atoms with Crippen LogP contribution in [0.5, 0.6) is 5.75 Å². The van der Waals surface area contributed by atoms with Crippen LogP contribution in [-0.2, 0) is 6.61 Å². The minimum atomic E-state index is 0.0803. The van der Waals surface area contributed by atoms with E-state index in [0.717, 1.165) is 78.8 Å². The standard InChI is InChI=1S/C30H34N6O2/c31-28-27-26(23-10-7-11-25(16-23)38-19-21-8-3-1-4-9-21)18-36(29(27)34-20-33-28)24-14-22(15-24)17-32-30(37)35-12-5-2-6-13-35/h1,3-4,7-11,16,18,20,22,24H,2,5-6,12-15,17,19H2,(H,32,37)(H2,31,33,34)/t22-,24-. The van der Waals surface area contributed by atoms with Crippen molar-refractivity contribution < 1.29 is 9.53 Å². The summed E-state index contributed by atoms with van der Waals surface area (Å²) in [6.45, 7) is 2.97. The molecule has 4 aromatic rings. The number of fused-ring (bicyclic) bond motifs is 1. The van der Waals surface area contributed by atoms with E-state index < -0.39 is 0 Å². The van der Waals surface area contributed by atoms with Gasteiger partial charge >= 0.3 is 6.03 Å². The Bertz CT molecular complexity index is 1410. The van der Waals surface area contributed by atoms with Crippen molar-refractivity contribution in [2.45, 2.75) is 44.8 Å². The molecule has 0 atom stereocenters. The van der Waals surface area contributed by atoms with Crippen LogP contribution >= 0.6 is 0 Å². The third-order valence-corrected chi connectivity index (χ3v) is 7.82. The quantitative estimate of drug-likeness (QED) is 0.347. The van der Waals surface area contributed by atoms with Crippen LogP contribution < -0.4 is 15.8 Å². The van der Waals surface area contributed by atoms with E-state index in [1.54, 1.807) is 0 Å². The lowest BCUT2D eigenvalue weighted by Crippen LogP contribution is -2.45. The van der Waals surface area contributed by atoms with Crippen molar-refractivity contribution >= 4 is 22.9 Å². The van der Waals surface area contributed by atoms with Crippen molar-refractivity contribution in [2.75, 3.05) is 25.4 Å². The van der Waals surface area contributed by atoms with Crippen LogP contribution in [0.15, 0.2) is 67.1 Å². The van der Waals surface area contributed by atoms with E-state index in [4.69, 9.17) is 10.5 Å². The van der Waals surface area contributed by atoms with Crippen molar-refractivity contribution in [2.24, 2.45) is 5.92 Å². The number of urea groups is 1. The number of carbonyl (C=O) groups is 1. The summed E-state index contributed by atoms with van der Waals surface area (Å²) < 4.78 is 8.32. The fourth-order valence-electron chi connectivity index (χ4n) is 5.63. The highest BCUT2D eigenvalue weighted by Gasteiger charge is 2.33. The summed E-state index contributed by atoms with van der Waals surface area (Å²) in [7, 11) is 0. The summed E-state index contributed by atoms with van der Waals surface area (Å²) in [4.78, 5) is 23.3. The number of nitrogens with two attached hydrogens (primary N) is 1. The maximum atomic E-state index is 12.5. The fourth-order valence-corrected chi connectivity index (χ4v) is 5.63. The number of benzene rings is 2. The van der Waals surface area contributed by atoms with Gasteiger partial charge < -0.3 is 25.3 Å². The molecule has 8 heteroatoms. The normalized spacial score (nSPS) is 19.2. The Morgan fingerprint density at radius 1 is 1.03 bits per heavy atom. The van der Waals surface area contributed by atoms with Crippen LogP contribution in [-0.4, -0.2) is 45.1 Å². The molecule has 2 aromatic heterocycles.